The first-order valence-corrected chi connectivity index (χ1v) is 8.11. The number of carboxylic acid groups (broad SMARTS) is 2. The Balaban J connectivity index is 1.62. The van der Waals surface area contributed by atoms with Crippen LogP contribution < -0.4 is 0 Å². The lowest BCUT2D eigenvalue weighted by atomic mass is 9.93. The Bertz CT molecular complexity index is 738. The first-order valence-electron chi connectivity index (χ1n) is 8.11. The number of carbonyl (C=O) groups is 3. The zero-order valence-corrected chi connectivity index (χ0v) is 13.4. The highest BCUT2D eigenvalue weighted by molar-refractivity contribution is 5.98. The molecule has 126 valence electrons. The molecule has 3 fully saturated rings. The van der Waals surface area contributed by atoms with E-state index in [1.165, 1.54) is 4.90 Å². The van der Waals surface area contributed by atoms with Gasteiger partial charge in [-0.25, -0.2) is 0 Å². The van der Waals surface area contributed by atoms with Gasteiger partial charge in [-0.05, 0) is 31.7 Å². The van der Waals surface area contributed by atoms with E-state index in [0.29, 0.717) is 0 Å². The van der Waals surface area contributed by atoms with Crippen LogP contribution in [0.4, 0.5) is 0 Å². The normalized spacial score (nSPS) is 32.1. The molecule has 1 aromatic rings. The van der Waals surface area contributed by atoms with Gasteiger partial charge in [0.1, 0.15) is 10.8 Å². The van der Waals surface area contributed by atoms with Crippen molar-refractivity contribution in [2.75, 3.05) is 13.1 Å². The van der Waals surface area contributed by atoms with Crippen molar-refractivity contribution in [2.24, 2.45) is 10.8 Å². The lowest BCUT2D eigenvalue weighted by Gasteiger charge is -2.26. The molecule has 3 aliphatic rings. The highest BCUT2D eigenvalue weighted by Crippen LogP contribution is 2.69. The van der Waals surface area contributed by atoms with Crippen LogP contribution in [0.3, 0.4) is 0 Å². The highest BCUT2D eigenvalue weighted by atomic mass is 16.4. The number of aliphatic carboxylic acids is 2. The SMILES string of the molecule is Cc1ccc(C2(C(=O)N3C[C@@]4(C(=O)O)C[C@@]4(C(=O)O)C3)CC2)cc1. The van der Waals surface area contributed by atoms with Gasteiger partial charge < -0.3 is 15.1 Å². The van der Waals surface area contributed by atoms with E-state index in [4.69, 9.17) is 0 Å². The Hall–Kier alpha value is -2.37. The average molecular weight is 329 g/mol. The average Bonchev–Trinajstić information content (AvgIpc) is 3.43. The monoisotopic (exact) mass is 329 g/mol. The van der Waals surface area contributed by atoms with Gasteiger partial charge in [0.05, 0.1) is 5.41 Å². The van der Waals surface area contributed by atoms with E-state index in [1.807, 2.05) is 31.2 Å². The summed E-state index contributed by atoms with van der Waals surface area (Å²) in [6, 6.07) is 7.80. The van der Waals surface area contributed by atoms with Gasteiger partial charge in [0.25, 0.3) is 0 Å². The zero-order valence-electron chi connectivity index (χ0n) is 13.4. The van der Waals surface area contributed by atoms with Crippen molar-refractivity contribution in [1.82, 2.24) is 4.90 Å². The number of piperidine rings is 1. The molecule has 2 aliphatic carbocycles. The van der Waals surface area contributed by atoms with E-state index >= 15 is 0 Å². The fourth-order valence-corrected chi connectivity index (χ4v) is 4.36. The first kappa shape index (κ1) is 15.2. The molecule has 6 nitrogen and oxygen atoms in total. The van der Waals surface area contributed by atoms with E-state index < -0.39 is 28.2 Å². The topological polar surface area (TPSA) is 94.9 Å². The maximum absolute atomic E-state index is 13.1. The number of hydrogen-bond acceptors (Lipinski definition) is 3. The number of fused-ring (bicyclic) bond motifs is 1. The predicted molar refractivity (Wildman–Crippen MR) is 83.4 cm³/mol. The summed E-state index contributed by atoms with van der Waals surface area (Å²) in [6.07, 6.45) is 1.57. The maximum Gasteiger partial charge on any atom is 0.312 e. The largest absolute Gasteiger partial charge is 0.481 e. The molecule has 2 atom stereocenters. The minimum atomic E-state index is -1.31. The number of nitrogens with zero attached hydrogens (tertiary/aromatic N) is 1. The molecule has 0 bridgehead atoms. The summed E-state index contributed by atoms with van der Waals surface area (Å²) in [5.41, 5.74) is -1.16. The van der Waals surface area contributed by atoms with Crippen LogP contribution in [0.1, 0.15) is 30.4 Å². The fourth-order valence-electron chi connectivity index (χ4n) is 4.36. The molecule has 1 aromatic carbocycles. The molecule has 1 aliphatic heterocycles. The molecule has 2 N–H and O–H groups in total. The minimum Gasteiger partial charge on any atom is -0.481 e. The summed E-state index contributed by atoms with van der Waals surface area (Å²) < 4.78 is 0. The van der Waals surface area contributed by atoms with Gasteiger partial charge in [-0.3, -0.25) is 14.4 Å². The Kier molecular flexibility index (Phi) is 2.77. The van der Waals surface area contributed by atoms with Crippen LogP contribution in [-0.2, 0) is 19.8 Å². The summed E-state index contributed by atoms with van der Waals surface area (Å²) in [7, 11) is 0. The van der Waals surface area contributed by atoms with Gasteiger partial charge in [-0.15, -0.1) is 0 Å². The van der Waals surface area contributed by atoms with Crippen LogP contribution in [-0.4, -0.2) is 46.0 Å². The molecule has 1 heterocycles. The molecule has 6 heteroatoms. The van der Waals surface area contributed by atoms with Crippen LogP contribution in [0.25, 0.3) is 0 Å². The zero-order chi connectivity index (χ0) is 17.3. The number of benzene rings is 1. The van der Waals surface area contributed by atoms with Crippen molar-refractivity contribution in [3.05, 3.63) is 35.4 Å². The molecule has 0 aromatic heterocycles. The third-order valence-electron chi connectivity index (χ3n) is 6.19. The van der Waals surface area contributed by atoms with Crippen LogP contribution >= 0.6 is 0 Å². The summed E-state index contributed by atoms with van der Waals surface area (Å²) in [4.78, 5) is 37.8. The number of carboxylic acids is 2. The van der Waals surface area contributed by atoms with Gasteiger partial charge in [-0.2, -0.15) is 0 Å². The van der Waals surface area contributed by atoms with E-state index in [1.54, 1.807) is 0 Å². The number of aryl methyl sites for hydroxylation is 1. The molecule has 2 saturated carbocycles. The van der Waals surface area contributed by atoms with E-state index in [2.05, 4.69) is 0 Å². The molecule has 1 amide bonds. The standard InChI is InChI=1S/C18H19NO5/c1-11-2-4-12(5-3-11)16(6-7-16)13(20)19-9-17(14(21)22)8-18(17,10-19)15(23)24/h2-5H,6-10H2,1H3,(H,21,22)(H,23,24)/t17-,18+. The Morgan fingerprint density at radius 1 is 0.958 bits per heavy atom. The molecular formula is C18H19NO5. The summed E-state index contributed by atoms with van der Waals surface area (Å²) in [5.74, 6) is -2.35. The maximum atomic E-state index is 13.1. The van der Waals surface area contributed by atoms with Crippen molar-refractivity contribution in [3.8, 4) is 0 Å². The van der Waals surface area contributed by atoms with E-state index in [9.17, 15) is 24.6 Å². The molecule has 0 spiro atoms. The van der Waals surface area contributed by atoms with Crippen LogP contribution in [0.15, 0.2) is 24.3 Å². The highest BCUT2D eigenvalue weighted by Gasteiger charge is 2.82. The Labute approximate surface area is 139 Å². The number of hydrogen-bond donors (Lipinski definition) is 2. The van der Waals surface area contributed by atoms with Gasteiger partial charge in [0.2, 0.25) is 5.91 Å². The van der Waals surface area contributed by atoms with Crippen molar-refractivity contribution in [1.29, 1.82) is 0 Å². The number of rotatable bonds is 4. The van der Waals surface area contributed by atoms with Gasteiger partial charge >= 0.3 is 11.9 Å². The molecule has 1 saturated heterocycles. The van der Waals surface area contributed by atoms with Crippen molar-refractivity contribution >= 4 is 17.8 Å². The van der Waals surface area contributed by atoms with Crippen molar-refractivity contribution < 1.29 is 24.6 Å². The second kappa shape index (κ2) is 4.37. The third-order valence-corrected chi connectivity index (χ3v) is 6.19. The van der Waals surface area contributed by atoms with Gasteiger partial charge in [0.15, 0.2) is 0 Å². The molecular weight excluding hydrogens is 310 g/mol. The second-order valence-corrected chi connectivity index (χ2v) is 7.56. The first-order chi connectivity index (χ1) is 11.3. The number of likely N-dealkylation sites (tertiary alicyclic amines) is 1. The molecule has 0 unspecified atom stereocenters. The van der Waals surface area contributed by atoms with Gasteiger partial charge in [0, 0.05) is 13.1 Å². The van der Waals surface area contributed by atoms with Crippen LogP contribution in [0, 0.1) is 17.8 Å². The number of amides is 1. The second-order valence-electron chi connectivity index (χ2n) is 7.56. The smallest absolute Gasteiger partial charge is 0.312 e. The number of carbonyl (C=O) groups excluding carboxylic acids is 1. The van der Waals surface area contributed by atoms with E-state index in [0.717, 1.165) is 24.0 Å². The Morgan fingerprint density at radius 2 is 1.46 bits per heavy atom. The lowest BCUT2D eigenvalue weighted by molar-refractivity contribution is -0.151. The minimum absolute atomic E-state index is 0.00107. The predicted octanol–water partition coefficient (Wildman–Crippen LogP) is 1.41. The fraction of sp³-hybridized carbons (Fsp3) is 0.500. The summed E-state index contributed by atoms with van der Waals surface area (Å²) in [5, 5.41) is 19.0. The lowest BCUT2D eigenvalue weighted by Crippen LogP contribution is -2.41. The summed E-state index contributed by atoms with van der Waals surface area (Å²) in [6.45, 7) is 1.98. The van der Waals surface area contributed by atoms with Crippen LogP contribution in [0.2, 0.25) is 0 Å². The quantitative estimate of drug-likeness (QED) is 0.871. The van der Waals surface area contributed by atoms with Crippen LogP contribution in [0.5, 0.6) is 0 Å². The molecule has 4 rings (SSSR count). The third kappa shape index (κ3) is 1.68. The molecule has 24 heavy (non-hydrogen) atoms. The Morgan fingerprint density at radius 3 is 1.88 bits per heavy atom. The summed E-state index contributed by atoms with van der Waals surface area (Å²) >= 11 is 0. The molecule has 0 radical (unpaired) electrons. The van der Waals surface area contributed by atoms with Gasteiger partial charge in [-0.1, -0.05) is 29.8 Å². The van der Waals surface area contributed by atoms with E-state index in [-0.39, 0.29) is 25.4 Å². The van der Waals surface area contributed by atoms with Crippen molar-refractivity contribution in [2.45, 2.75) is 31.6 Å². The van der Waals surface area contributed by atoms with Crippen molar-refractivity contribution in [3.63, 3.8) is 0 Å².